The van der Waals surface area contributed by atoms with Crippen LogP contribution in [-0.4, -0.2) is 4.98 Å². The fraction of sp³-hybridized carbons (Fsp3) is 0.125. The first-order valence-corrected chi connectivity index (χ1v) is 3.26. The topological polar surface area (TPSA) is 38.9 Å². The summed E-state index contributed by atoms with van der Waals surface area (Å²) in [7, 11) is 0. The van der Waals surface area contributed by atoms with Crippen molar-refractivity contribution >= 4 is 6.08 Å². The lowest BCUT2D eigenvalue weighted by molar-refractivity contribution is 0.599. The Morgan fingerprint density at radius 3 is 2.91 bits per heavy atom. The molecular weight excluding hydrogens is 143 g/mol. The molecule has 3 heteroatoms. The van der Waals surface area contributed by atoms with E-state index in [-0.39, 0.29) is 18.1 Å². The van der Waals surface area contributed by atoms with Gasteiger partial charge in [0, 0.05) is 6.54 Å². The lowest BCUT2D eigenvalue weighted by Gasteiger charge is -1.98. The molecule has 0 fully saturated rings. The van der Waals surface area contributed by atoms with Crippen LogP contribution in [0.25, 0.3) is 6.08 Å². The third-order valence-electron chi connectivity index (χ3n) is 1.34. The molecule has 0 aliphatic heterocycles. The van der Waals surface area contributed by atoms with Crippen molar-refractivity contribution in [1.29, 1.82) is 0 Å². The summed E-state index contributed by atoms with van der Waals surface area (Å²) < 4.78 is 12.7. The van der Waals surface area contributed by atoms with E-state index < -0.39 is 0 Å². The molecule has 0 aromatic carbocycles. The van der Waals surface area contributed by atoms with Crippen molar-refractivity contribution in [2.24, 2.45) is 5.73 Å². The number of nitrogens with zero attached hydrogens (tertiary/aromatic N) is 1. The summed E-state index contributed by atoms with van der Waals surface area (Å²) in [6, 6.07) is 2.90. The second-order valence-corrected chi connectivity index (χ2v) is 2.07. The molecule has 0 unspecified atom stereocenters. The number of halogens is 1. The van der Waals surface area contributed by atoms with Gasteiger partial charge in [-0.05, 0) is 18.2 Å². The molecule has 11 heavy (non-hydrogen) atoms. The van der Waals surface area contributed by atoms with Crippen molar-refractivity contribution in [1.82, 2.24) is 4.98 Å². The molecule has 0 aliphatic carbocycles. The van der Waals surface area contributed by atoms with E-state index in [4.69, 9.17) is 5.73 Å². The quantitative estimate of drug-likeness (QED) is 0.694. The molecule has 0 atom stereocenters. The van der Waals surface area contributed by atoms with Crippen LogP contribution in [-0.2, 0) is 6.54 Å². The molecule has 1 heterocycles. The van der Waals surface area contributed by atoms with Crippen LogP contribution in [0.3, 0.4) is 0 Å². The molecule has 0 saturated carbocycles. The van der Waals surface area contributed by atoms with Crippen LogP contribution in [0, 0.1) is 5.82 Å². The van der Waals surface area contributed by atoms with E-state index in [2.05, 4.69) is 11.6 Å². The molecule has 1 aromatic rings. The van der Waals surface area contributed by atoms with Gasteiger partial charge >= 0.3 is 0 Å². The van der Waals surface area contributed by atoms with E-state index in [1.165, 1.54) is 6.07 Å². The lowest BCUT2D eigenvalue weighted by atomic mass is 10.3. The van der Waals surface area contributed by atoms with Gasteiger partial charge in [-0.1, -0.05) is 6.58 Å². The fourth-order valence-corrected chi connectivity index (χ4v) is 0.758. The molecule has 0 spiro atoms. The number of hydrogen-bond donors (Lipinski definition) is 1. The number of rotatable bonds is 2. The minimum atomic E-state index is -0.363. The third kappa shape index (κ3) is 1.62. The van der Waals surface area contributed by atoms with Gasteiger partial charge in [0.15, 0.2) is 0 Å². The van der Waals surface area contributed by atoms with E-state index in [0.717, 1.165) is 0 Å². The van der Waals surface area contributed by atoms with Crippen LogP contribution in [0.4, 0.5) is 4.39 Å². The Bertz CT molecular complexity index is 271. The van der Waals surface area contributed by atoms with Crippen LogP contribution >= 0.6 is 0 Å². The van der Waals surface area contributed by atoms with Gasteiger partial charge in [0.1, 0.15) is 5.82 Å². The highest BCUT2D eigenvalue weighted by Crippen LogP contribution is 2.05. The molecule has 1 rings (SSSR count). The van der Waals surface area contributed by atoms with Crippen molar-refractivity contribution in [3.05, 3.63) is 35.9 Å². The first kappa shape index (κ1) is 7.88. The molecule has 0 saturated heterocycles. The summed E-state index contributed by atoms with van der Waals surface area (Å²) in [4.78, 5) is 3.89. The zero-order valence-electron chi connectivity index (χ0n) is 6.05. The van der Waals surface area contributed by atoms with Crippen LogP contribution in [0.15, 0.2) is 18.7 Å². The Morgan fingerprint density at radius 1 is 1.64 bits per heavy atom. The maximum atomic E-state index is 12.7. The predicted molar refractivity (Wildman–Crippen MR) is 42.2 cm³/mol. The zero-order chi connectivity index (χ0) is 8.27. The average molecular weight is 152 g/mol. The van der Waals surface area contributed by atoms with E-state index in [1.54, 1.807) is 12.1 Å². The molecule has 0 amide bonds. The van der Waals surface area contributed by atoms with E-state index in [0.29, 0.717) is 5.69 Å². The minimum absolute atomic E-state index is 0.119. The maximum Gasteiger partial charge on any atom is 0.146 e. The molecule has 1 aromatic heterocycles. The van der Waals surface area contributed by atoms with Gasteiger partial charge in [-0.25, -0.2) is 9.37 Å². The number of hydrogen-bond acceptors (Lipinski definition) is 2. The molecule has 2 nitrogen and oxygen atoms in total. The van der Waals surface area contributed by atoms with Gasteiger partial charge in [-0.15, -0.1) is 0 Å². The summed E-state index contributed by atoms with van der Waals surface area (Å²) >= 11 is 0. The predicted octanol–water partition coefficient (Wildman–Crippen LogP) is 1.32. The van der Waals surface area contributed by atoms with Crippen LogP contribution < -0.4 is 5.73 Å². The van der Waals surface area contributed by atoms with E-state index in [1.807, 2.05) is 0 Å². The SMILES string of the molecule is C=Cc1ccc(F)c(CN)n1. The molecular formula is C8H9FN2. The van der Waals surface area contributed by atoms with Crippen molar-refractivity contribution in [3.8, 4) is 0 Å². The summed E-state index contributed by atoms with van der Waals surface area (Å²) in [5.74, 6) is -0.363. The summed E-state index contributed by atoms with van der Waals surface area (Å²) in [6.45, 7) is 3.63. The van der Waals surface area contributed by atoms with Gasteiger partial charge in [-0.3, -0.25) is 0 Å². The Morgan fingerprint density at radius 2 is 2.36 bits per heavy atom. The van der Waals surface area contributed by atoms with E-state index in [9.17, 15) is 4.39 Å². The second kappa shape index (κ2) is 3.25. The number of aromatic nitrogens is 1. The van der Waals surface area contributed by atoms with Gasteiger partial charge in [0.2, 0.25) is 0 Å². The van der Waals surface area contributed by atoms with E-state index >= 15 is 0 Å². The van der Waals surface area contributed by atoms with Gasteiger partial charge in [-0.2, -0.15) is 0 Å². The monoisotopic (exact) mass is 152 g/mol. The van der Waals surface area contributed by atoms with Crippen LogP contribution in [0.5, 0.6) is 0 Å². The highest BCUT2D eigenvalue weighted by atomic mass is 19.1. The third-order valence-corrected chi connectivity index (χ3v) is 1.34. The molecule has 0 bridgehead atoms. The Kier molecular flexibility index (Phi) is 2.33. The fourth-order valence-electron chi connectivity index (χ4n) is 0.758. The largest absolute Gasteiger partial charge is 0.325 e. The summed E-state index contributed by atoms with van der Waals surface area (Å²) in [6.07, 6.45) is 1.55. The number of nitrogens with two attached hydrogens (primary N) is 1. The molecule has 0 aliphatic rings. The molecule has 0 radical (unpaired) electrons. The average Bonchev–Trinajstić information content (AvgIpc) is 2.05. The van der Waals surface area contributed by atoms with Crippen LogP contribution in [0.1, 0.15) is 11.4 Å². The van der Waals surface area contributed by atoms with Crippen molar-refractivity contribution < 1.29 is 4.39 Å². The summed E-state index contributed by atoms with van der Waals surface area (Å²) in [5.41, 5.74) is 6.16. The molecule has 58 valence electrons. The highest BCUT2D eigenvalue weighted by Gasteiger charge is 2.00. The minimum Gasteiger partial charge on any atom is -0.325 e. The first-order valence-electron chi connectivity index (χ1n) is 3.26. The Hall–Kier alpha value is -1.22. The van der Waals surface area contributed by atoms with Crippen molar-refractivity contribution in [3.63, 3.8) is 0 Å². The Balaban J connectivity index is 3.12. The lowest BCUT2D eigenvalue weighted by Crippen LogP contribution is -2.03. The van der Waals surface area contributed by atoms with Gasteiger partial charge in [0.25, 0.3) is 0 Å². The Labute approximate surface area is 64.6 Å². The smallest absolute Gasteiger partial charge is 0.146 e. The van der Waals surface area contributed by atoms with Gasteiger partial charge < -0.3 is 5.73 Å². The van der Waals surface area contributed by atoms with Gasteiger partial charge in [0.05, 0.1) is 11.4 Å². The molecule has 2 N–H and O–H groups in total. The normalized spacial score (nSPS) is 9.64. The zero-order valence-corrected chi connectivity index (χ0v) is 6.05. The van der Waals surface area contributed by atoms with Crippen molar-refractivity contribution in [2.75, 3.05) is 0 Å². The number of pyridine rings is 1. The first-order chi connectivity index (χ1) is 5.27. The maximum absolute atomic E-state index is 12.7. The van der Waals surface area contributed by atoms with Crippen LogP contribution in [0.2, 0.25) is 0 Å². The second-order valence-electron chi connectivity index (χ2n) is 2.07. The standard InChI is InChI=1S/C8H9FN2/c1-2-6-3-4-7(9)8(5-10)11-6/h2-4H,1,5,10H2. The highest BCUT2D eigenvalue weighted by molar-refractivity contribution is 5.41. The summed E-state index contributed by atoms with van der Waals surface area (Å²) in [5, 5.41) is 0. The van der Waals surface area contributed by atoms with Crippen molar-refractivity contribution in [2.45, 2.75) is 6.54 Å².